The van der Waals surface area contributed by atoms with Gasteiger partial charge in [-0.1, -0.05) is 42.8 Å². The Bertz CT molecular complexity index is 1010. The summed E-state index contributed by atoms with van der Waals surface area (Å²) in [5.41, 5.74) is 4.65. The second-order valence-electron chi connectivity index (χ2n) is 9.84. The van der Waals surface area contributed by atoms with E-state index in [-0.39, 0.29) is 23.8 Å². The van der Waals surface area contributed by atoms with Crippen molar-refractivity contribution < 1.29 is 14.3 Å². The molecule has 6 nitrogen and oxygen atoms in total. The molecule has 2 atom stereocenters. The SMILES string of the molecule is CC[C@@H](Oc1ccc2c(c1)[C@@H](c1ccc(C)cc1)N(C(=O)C1CC1)CC2)C(=O)NCCN(C)C. The van der Waals surface area contributed by atoms with Crippen molar-refractivity contribution in [3.05, 3.63) is 64.7 Å². The molecule has 1 aliphatic carbocycles. The van der Waals surface area contributed by atoms with Crippen molar-refractivity contribution in [1.29, 1.82) is 0 Å². The minimum Gasteiger partial charge on any atom is -0.481 e. The van der Waals surface area contributed by atoms with Crippen LogP contribution in [-0.2, 0) is 16.0 Å². The molecule has 4 rings (SSSR count). The molecule has 2 amide bonds. The van der Waals surface area contributed by atoms with E-state index >= 15 is 0 Å². The number of hydrogen-bond donors (Lipinski definition) is 1. The number of carbonyl (C=O) groups is 2. The molecule has 0 radical (unpaired) electrons. The average molecular weight is 464 g/mol. The molecule has 1 N–H and O–H groups in total. The van der Waals surface area contributed by atoms with Crippen molar-refractivity contribution in [2.75, 3.05) is 33.7 Å². The summed E-state index contributed by atoms with van der Waals surface area (Å²) in [6.07, 6.45) is 2.85. The summed E-state index contributed by atoms with van der Waals surface area (Å²) in [5.74, 6) is 1.01. The minimum absolute atomic E-state index is 0.0947. The van der Waals surface area contributed by atoms with E-state index in [9.17, 15) is 9.59 Å². The molecule has 0 saturated heterocycles. The van der Waals surface area contributed by atoms with Crippen LogP contribution in [-0.4, -0.2) is 61.4 Å². The number of aryl methyl sites for hydroxylation is 1. The lowest BCUT2D eigenvalue weighted by atomic mass is 9.87. The zero-order chi connectivity index (χ0) is 24.2. The molecule has 2 aliphatic rings. The molecule has 0 bridgehead atoms. The number of rotatable bonds is 9. The first-order chi connectivity index (χ1) is 16.4. The van der Waals surface area contributed by atoms with Crippen LogP contribution in [0.1, 0.15) is 54.5 Å². The second kappa shape index (κ2) is 10.6. The molecule has 1 aliphatic heterocycles. The molecule has 0 spiro atoms. The van der Waals surface area contributed by atoms with Crippen molar-refractivity contribution in [2.45, 2.75) is 51.7 Å². The van der Waals surface area contributed by atoms with Crippen LogP contribution in [0.15, 0.2) is 42.5 Å². The highest BCUT2D eigenvalue weighted by atomic mass is 16.5. The topological polar surface area (TPSA) is 61.9 Å². The molecular formula is C28H37N3O3. The highest BCUT2D eigenvalue weighted by molar-refractivity contribution is 5.82. The maximum Gasteiger partial charge on any atom is 0.261 e. The van der Waals surface area contributed by atoms with Crippen molar-refractivity contribution in [3.63, 3.8) is 0 Å². The van der Waals surface area contributed by atoms with Gasteiger partial charge in [-0.3, -0.25) is 9.59 Å². The Labute approximate surface area is 203 Å². The third-order valence-electron chi connectivity index (χ3n) is 6.75. The Kier molecular flexibility index (Phi) is 7.57. The van der Waals surface area contributed by atoms with Gasteiger partial charge < -0.3 is 19.9 Å². The predicted molar refractivity (Wildman–Crippen MR) is 134 cm³/mol. The Morgan fingerprint density at radius 1 is 1.15 bits per heavy atom. The van der Waals surface area contributed by atoms with Gasteiger partial charge in [-0.15, -0.1) is 0 Å². The zero-order valence-electron chi connectivity index (χ0n) is 20.8. The van der Waals surface area contributed by atoms with E-state index in [1.807, 2.05) is 38.1 Å². The van der Waals surface area contributed by atoms with E-state index in [1.165, 1.54) is 11.1 Å². The predicted octanol–water partition coefficient (Wildman–Crippen LogP) is 3.71. The fourth-order valence-electron chi connectivity index (χ4n) is 4.58. The van der Waals surface area contributed by atoms with Gasteiger partial charge in [0.2, 0.25) is 5.91 Å². The lowest BCUT2D eigenvalue weighted by Crippen LogP contribution is -2.42. The Morgan fingerprint density at radius 2 is 1.88 bits per heavy atom. The summed E-state index contributed by atoms with van der Waals surface area (Å²) in [7, 11) is 3.96. The molecule has 2 aromatic carbocycles. The third kappa shape index (κ3) is 5.61. The Hall–Kier alpha value is -2.86. The molecule has 6 heteroatoms. The Morgan fingerprint density at radius 3 is 2.53 bits per heavy atom. The van der Waals surface area contributed by atoms with Crippen LogP contribution in [0.25, 0.3) is 0 Å². The fraction of sp³-hybridized carbons (Fsp3) is 0.500. The number of nitrogens with one attached hydrogen (secondary N) is 1. The van der Waals surface area contributed by atoms with Gasteiger partial charge >= 0.3 is 0 Å². The van der Waals surface area contributed by atoms with Gasteiger partial charge in [-0.2, -0.15) is 0 Å². The lowest BCUT2D eigenvalue weighted by molar-refractivity contribution is -0.134. The van der Waals surface area contributed by atoms with E-state index in [0.717, 1.165) is 43.5 Å². The van der Waals surface area contributed by atoms with Crippen molar-refractivity contribution in [1.82, 2.24) is 15.1 Å². The molecule has 1 fully saturated rings. The van der Waals surface area contributed by atoms with Crippen LogP contribution in [0.4, 0.5) is 0 Å². The molecule has 182 valence electrons. The largest absolute Gasteiger partial charge is 0.481 e. The van der Waals surface area contributed by atoms with Gasteiger partial charge in [-0.25, -0.2) is 0 Å². The Balaban J connectivity index is 1.59. The summed E-state index contributed by atoms with van der Waals surface area (Å²) in [6, 6.07) is 14.4. The van der Waals surface area contributed by atoms with E-state index in [1.54, 1.807) is 0 Å². The van der Waals surface area contributed by atoms with Crippen LogP contribution in [0, 0.1) is 12.8 Å². The van der Waals surface area contributed by atoms with Crippen LogP contribution in [0.3, 0.4) is 0 Å². The molecule has 2 aromatic rings. The number of amides is 2. The van der Waals surface area contributed by atoms with Crippen molar-refractivity contribution in [3.8, 4) is 5.75 Å². The van der Waals surface area contributed by atoms with Gasteiger partial charge in [-0.05, 0) is 75.5 Å². The number of ether oxygens (including phenoxy) is 1. The van der Waals surface area contributed by atoms with Crippen LogP contribution < -0.4 is 10.1 Å². The third-order valence-corrected chi connectivity index (χ3v) is 6.75. The number of benzene rings is 2. The highest BCUT2D eigenvalue weighted by Crippen LogP contribution is 2.41. The standard InChI is InChI=1S/C28H37N3O3/c1-5-25(27(32)29-15-17-30(3)4)34-23-13-12-20-14-16-31(28(33)22-10-11-22)26(24(20)18-23)21-8-6-19(2)7-9-21/h6-9,12-13,18,22,25-26H,5,10-11,14-17H2,1-4H3,(H,29,32)/t25-,26-/m1/s1. The van der Waals surface area contributed by atoms with Crippen molar-refractivity contribution in [2.24, 2.45) is 5.92 Å². The lowest BCUT2D eigenvalue weighted by Gasteiger charge is -2.38. The maximum absolute atomic E-state index is 13.2. The summed E-state index contributed by atoms with van der Waals surface area (Å²) < 4.78 is 6.18. The van der Waals surface area contributed by atoms with Gasteiger partial charge in [0.05, 0.1) is 6.04 Å². The first kappa shape index (κ1) is 24.3. The monoisotopic (exact) mass is 463 g/mol. The number of nitrogens with zero attached hydrogens (tertiary/aromatic N) is 2. The number of likely N-dealkylation sites (N-methyl/N-ethyl adjacent to an activating group) is 1. The number of hydrogen-bond acceptors (Lipinski definition) is 4. The van der Waals surface area contributed by atoms with Crippen LogP contribution in [0.5, 0.6) is 5.75 Å². The first-order valence-electron chi connectivity index (χ1n) is 12.5. The van der Waals surface area contributed by atoms with Gasteiger partial charge in [0, 0.05) is 25.6 Å². The average Bonchev–Trinajstić information content (AvgIpc) is 3.67. The van der Waals surface area contributed by atoms with E-state index in [2.05, 4.69) is 47.5 Å². The normalized spacial score (nSPS) is 18.4. The summed E-state index contributed by atoms with van der Waals surface area (Å²) in [5, 5.41) is 2.97. The minimum atomic E-state index is -0.550. The number of carbonyl (C=O) groups excluding carboxylic acids is 2. The summed E-state index contributed by atoms with van der Waals surface area (Å²) in [4.78, 5) is 30.0. The van der Waals surface area contributed by atoms with E-state index in [4.69, 9.17) is 4.74 Å². The zero-order valence-corrected chi connectivity index (χ0v) is 20.8. The highest BCUT2D eigenvalue weighted by Gasteiger charge is 2.39. The first-order valence-corrected chi connectivity index (χ1v) is 12.5. The van der Waals surface area contributed by atoms with Gasteiger partial charge in [0.25, 0.3) is 5.91 Å². The molecule has 0 unspecified atom stereocenters. The van der Waals surface area contributed by atoms with E-state index in [0.29, 0.717) is 18.7 Å². The van der Waals surface area contributed by atoms with Crippen LogP contribution >= 0.6 is 0 Å². The molecule has 1 saturated carbocycles. The quantitative estimate of drug-likeness (QED) is 0.616. The summed E-state index contributed by atoms with van der Waals surface area (Å²) in [6.45, 7) is 6.13. The molecular weight excluding hydrogens is 426 g/mol. The fourth-order valence-corrected chi connectivity index (χ4v) is 4.58. The van der Waals surface area contributed by atoms with Gasteiger partial charge in [0.15, 0.2) is 6.10 Å². The smallest absolute Gasteiger partial charge is 0.261 e. The van der Waals surface area contributed by atoms with E-state index < -0.39 is 6.10 Å². The molecule has 0 aromatic heterocycles. The second-order valence-corrected chi connectivity index (χ2v) is 9.84. The van der Waals surface area contributed by atoms with Crippen molar-refractivity contribution >= 4 is 11.8 Å². The molecule has 34 heavy (non-hydrogen) atoms. The molecule has 1 heterocycles. The van der Waals surface area contributed by atoms with Crippen LogP contribution in [0.2, 0.25) is 0 Å². The van der Waals surface area contributed by atoms with Gasteiger partial charge in [0.1, 0.15) is 5.75 Å². The number of fused-ring (bicyclic) bond motifs is 1. The summed E-state index contributed by atoms with van der Waals surface area (Å²) >= 11 is 0. The maximum atomic E-state index is 13.2.